The number of benzene rings is 1. The van der Waals surface area contributed by atoms with Gasteiger partial charge in [0.2, 0.25) is 0 Å². The molecule has 3 heteroatoms. The number of phenols is 1. The zero-order valence-electron chi connectivity index (χ0n) is 10.4. The highest BCUT2D eigenvalue weighted by molar-refractivity contribution is 5.25. The predicted octanol–water partition coefficient (Wildman–Crippen LogP) is 2.44. The summed E-state index contributed by atoms with van der Waals surface area (Å²) in [6.45, 7) is 0.628. The number of ether oxygens (including phenoxy) is 1. The summed E-state index contributed by atoms with van der Waals surface area (Å²) in [6.07, 6.45) is 5.23. The Balaban J connectivity index is 1.86. The van der Waals surface area contributed by atoms with Gasteiger partial charge in [0, 0.05) is 6.04 Å². The third-order valence-corrected chi connectivity index (χ3v) is 3.47. The molecule has 17 heavy (non-hydrogen) atoms. The van der Waals surface area contributed by atoms with Crippen molar-refractivity contribution in [2.24, 2.45) is 0 Å². The summed E-state index contributed by atoms with van der Waals surface area (Å²) in [5.74, 6) is 0.305. The quantitative estimate of drug-likeness (QED) is 0.842. The Morgan fingerprint density at radius 1 is 1.24 bits per heavy atom. The number of aromatic hydroxyl groups is 1. The first-order valence-electron chi connectivity index (χ1n) is 6.36. The molecule has 1 aromatic rings. The van der Waals surface area contributed by atoms with Gasteiger partial charge in [0.25, 0.3) is 0 Å². The van der Waals surface area contributed by atoms with Crippen molar-refractivity contribution in [3.63, 3.8) is 0 Å². The predicted molar refractivity (Wildman–Crippen MR) is 68.0 cm³/mol. The molecule has 94 valence electrons. The van der Waals surface area contributed by atoms with E-state index in [1.165, 1.54) is 19.3 Å². The lowest BCUT2D eigenvalue weighted by Crippen LogP contribution is -2.41. The summed E-state index contributed by atoms with van der Waals surface area (Å²) in [5.41, 5.74) is 1.11. The summed E-state index contributed by atoms with van der Waals surface area (Å²) in [6, 6.07) is 7.71. The van der Waals surface area contributed by atoms with Crippen molar-refractivity contribution >= 4 is 0 Å². The second-order valence-electron chi connectivity index (χ2n) is 4.70. The topological polar surface area (TPSA) is 41.5 Å². The number of hydrogen-bond acceptors (Lipinski definition) is 3. The van der Waals surface area contributed by atoms with Crippen LogP contribution in [0.2, 0.25) is 0 Å². The highest BCUT2D eigenvalue weighted by Gasteiger charge is 2.24. The van der Waals surface area contributed by atoms with Gasteiger partial charge in [-0.1, -0.05) is 25.0 Å². The first kappa shape index (κ1) is 12.4. The van der Waals surface area contributed by atoms with E-state index in [0.717, 1.165) is 12.0 Å². The molecule has 0 aromatic heterocycles. The summed E-state index contributed by atoms with van der Waals surface area (Å²) in [7, 11) is 2.01. The Kier molecular flexibility index (Phi) is 4.40. The smallest absolute Gasteiger partial charge is 0.115 e. The molecule has 3 nitrogen and oxygen atoms in total. The van der Waals surface area contributed by atoms with E-state index in [-0.39, 0.29) is 0 Å². The molecule has 2 rings (SSSR count). The molecule has 0 heterocycles. The lowest BCUT2D eigenvalue weighted by Gasteiger charge is -2.31. The summed E-state index contributed by atoms with van der Waals surface area (Å²) < 4.78 is 5.97. The minimum atomic E-state index is 0.305. The Hall–Kier alpha value is -1.06. The van der Waals surface area contributed by atoms with Gasteiger partial charge in [-0.05, 0) is 37.6 Å². The summed E-state index contributed by atoms with van der Waals surface area (Å²) in [4.78, 5) is 0. The van der Waals surface area contributed by atoms with Crippen molar-refractivity contribution in [3.8, 4) is 5.75 Å². The van der Waals surface area contributed by atoms with Gasteiger partial charge in [-0.3, -0.25) is 0 Å². The molecular formula is C14H21NO2. The minimum absolute atomic E-state index is 0.305. The molecule has 2 N–H and O–H groups in total. The highest BCUT2D eigenvalue weighted by atomic mass is 16.5. The van der Waals surface area contributed by atoms with Crippen LogP contribution in [0.1, 0.15) is 31.2 Å². The van der Waals surface area contributed by atoms with Gasteiger partial charge < -0.3 is 15.2 Å². The molecule has 0 bridgehead atoms. The van der Waals surface area contributed by atoms with Crippen LogP contribution in [-0.2, 0) is 11.3 Å². The molecular weight excluding hydrogens is 214 g/mol. The van der Waals surface area contributed by atoms with Crippen LogP contribution < -0.4 is 5.32 Å². The van der Waals surface area contributed by atoms with E-state index in [0.29, 0.717) is 24.5 Å². The van der Waals surface area contributed by atoms with Gasteiger partial charge in [0.1, 0.15) is 5.75 Å². The van der Waals surface area contributed by atoms with Crippen LogP contribution in [0.25, 0.3) is 0 Å². The Labute approximate surface area is 103 Å². The molecule has 0 spiro atoms. The first-order valence-corrected chi connectivity index (χ1v) is 6.36. The van der Waals surface area contributed by atoms with E-state index < -0.39 is 0 Å². The number of likely N-dealkylation sites (N-methyl/N-ethyl adjacent to an activating group) is 1. The molecule has 1 aliphatic carbocycles. The van der Waals surface area contributed by atoms with E-state index in [1.54, 1.807) is 12.1 Å². The van der Waals surface area contributed by atoms with E-state index in [4.69, 9.17) is 4.74 Å². The number of hydrogen-bond donors (Lipinski definition) is 2. The van der Waals surface area contributed by atoms with Gasteiger partial charge in [0.15, 0.2) is 0 Å². The third-order valence-electron chi connectivity index (χ3n) is 3.47. The highest BCUT2D eigenvalue weighted by Crippen LogP contribution is 2.22. The molecule has 0 saturated heterocycles. The van der Waals surface area contributed by atoms with E-state index in [2.05, 4.69) is 5.32 Å². The van der Waals surface area contributed by atoms with Crippen molar-refractivity contribution < 1.29 is 9.84 Å². The largest absolute Gasteiger partial charge is 0.508 e. The number of phenolic OH excluding ortho intramolecular Hbond substituents is 1. The summed E-state index contributed by atoms with van der Waals surface area (Å²) >= 11 is 0. The Morgan fingerprint density at radius 2 is 1.94 bits per heavy atom. The van der Waals surface area contributed by atoms with Crippen LogP contribution in [-0.4, -0.2) is 24.3 Å². The first-order chi connectivity index (χ1) is 8.29. The molecule has 0 radical (unpaired) electrons. The molecule has 0 aliphatic heterocycles. The lowest BCUT2D eigenvalue weighted by molar-refractivity contribution is -0.00362. The van der Waals surface area contributed by atoms with Crippen molar-refractivity contribution in [2.45, 2.75) is 44.4 Å². The Morgan fingerprint density at radius 3 is 2.65 bits per heavy atom. The molecule has 0 amide bonds. The van der Waals surface area contributed by atoms with Gasteiger partial charge in [-0.15, -0.1) is 0 Å². The van der Waals surface area contributed by atoms with Crippen LogP contribution in [0, 0.1) is 0 Å². The fourth-order valence-electron chi connectivity index (χ4n) is 2.42. The number of rotatable bonds is 4. The maximum absolute atomic E-state index is 9.20. The minimum Gasteiger partial charge on any atom is -0.508 e. The van der Waals surface area contributed by atoms with Crippen LogP contribution in [0.3, 0.4) is 0 Å². The van der Waals surface area contributed by atoms with E-state index in [9.17, 15) is 5.11 Å². The molecule has 1 saturated carbocycles. The van der Waals surface area contributed by atoms with Crippen molar-refractivity contribution in [1.82, 2.24) is 5.32 Å². The third kappa shape index (κ3) is 3.45. The van der Waals surface area contributed by atoms with Crippen molar-refractivity contribution in [2.75, 3.05) is 7.05 Å². The van der Waals surface area contributed by atoms with Crippen LogP contribution in [0.5, 0.6) is 5.75 Å². The average Bonchev–Trinajstić information content (AvgIpc) is 2.38. The van der Waals surface area contributed by atoms with E-state index in [1.807, 2.05) is 19.2 Å². The lowest BCUT2D eigenvalue weighted by atomic mass is 9.92. The van der Waals surface area contributed by atoms with Gasteiger partial charge in [-0.25, -0.2) is 0 Å². The van der Waals surface area contributed by atoms with Crippen LogP contribution in [0.15, 0.2) is 24.3 Å². The average molecular weight is 235 g/mol. The maximum Gasteiger partial charge on any atom is 0.115 e. The zero-order valence-corrected chi connectivity index (χ0v) is 10.4. The maximum atomic E-state index is 9.20. The molecule has 1 aromatic carbocycles. The molecule has 2 atom stereocenters. The monoisotopic (exact) mass is 235 g/mol. The fourth-order valence-corrected chi connectivity index (χ4v) is 2.42. The van der Waals surface area contributed by atoms with Gasteiger partial charge >= 0.3 is 0 Å². The molecule has 2 unspecified atom stereocenters. The van der Waals surface area contributed by atoms with E-state index >= 15 is 0 Å². The normalized spacial score (nSPS) is 24.8. The zero-order chi connectivity index (χ0) is 12.1. The van der Waals surface area contributed by atoms with Crippen molar-refractivity contribution in [1.29, 1.82) is 0 Å². The Bertz CT molecular complexity index is 337. The second kappa shape index (κ2) is 6.03. The second-order valence-corrected chi connectivity index (χ2v) is 4.70. The molecule has 1 aliphatic rings. The van der Waals surface area contributed by atoms with Gasteiger partial charge in [-0.2, -0.15) is 0 Å². The van der Waals surface area contributed by atoms with Crippen LogP contribution in [0.4, 0.5) is 0 Å². The van der Waals surface area contributed by atoms with Gasteiger partial charge in [0.05, 0.1) is 12.7 Å². The van der Waals surface area contributed by atoms with Crippen LogP contribution >= 0.6 is 0 Å². The summed E-state index contributed by atoms with van der Waals surface area (Å²) in [5, 5.41) is 12.5. The number of nitrogens with one attached hydrogen (secondary N) is 1. The standard InChI is InChI=1S/C14H21NO2/c1-15-13-4-2-3-5-14(13)17-10-11-6-8-12(16)9-7-11/h6-9,13-16H,2-5,10H2,1H3. The SMILES string of the molecule is CNC1CCCCC1OCc1ccc(O)cc1. The molecule has 1 fully saturated rings. The van der Waals surface area contributed by atoms with Crippen molar-refractivity contribution in [3.05, 3.63) is 29.8 Å². The fraction of sp³-hybridized carbons (Fsp3) is 0.571.